The average molecular weight is 307 g/mol. The van der Waals surface area contributed by atoms with Crippen LogP contribution >= 0.6 is 11.8 Å². The van der Waals surface area contributed by atoms with E-state index in [1.54, 1.807) is 31.2 Å². The van der Waals surface area contributed by atoms with Gasteiger partial charge in [0.15, 0.2) is 0 Å². The zero-order chi connectivity index (χ0) is 15.2. The van der Waals surface area contributed by atoms with Crippen LogP contribution in [0.4, 0.5) is 0 Å². The first-order valence-corrected chi connectivity index (χ1v) is 7.11. The number of esters is 1. The van der Waals surface area contributed by atoms with Crippen molar-refractivity contribution in [2.75, 3.05) is 6.61 Å². The number of ether oxygens (including phenoxy) is 1. The van der Waals surface area contributed by atoms with Gasteiger partial charge < -0.3 is 14.9 Å². The van der Waals surface area contributed by atoms with Crippen LogP contribution in [0.3, 0.4) is 0 Å². The van der Waals surface area contributed by atoms with Gasteiger partial charge in [-0.25, -0.2) is 4.79 Å². The predicted octanol–water partition coefficient (Wildman–Crippen LogP) is 1.64. The van der Waals surface area contributed by atoms with Crippen LogP contribution in [0.15, 0.2) is 33.9 Å². The summed E-state index contributed by atoms with van der Waals surface area (Å²) >= 11 is 1.28. The second-order valence-corrected chi connectivity index (χ2v) is 4.87. The number of aromatic nitrogens is 2. The average Bonchev–Trinajstić information content (AvgIpc) is 2.95. The molecular weight excluding hydrogens is 294 g/mol. The van der Waals surface area contributed by atoms with E-state index in [1.807, 2.05) is 0 Å². The van der Waals surface area contributed by atoms with E-state index in [1.165, 1.54) is 11.8 Å². The molecule has 0 saturated carbocycles. The van der Waals surface area contributed by atoms with Gasteiger partial charge in [-0.1, -0.05) is 29.0 Å². The minimum atomic E-state index is -0.636. The van der Waals surface area contributed by atoms with E-state index >= 15 is 0 Å². The number of hydrogen-bond donors (Lipinski definition) is 1. The Morgan fingerprint density at radius 3 is 2.62 bits per heavy atom. The number of benzene rings is 1. The van der Waals surface area contributed by atoms with Crippen LogP contribution in [0.2, 0.25) is 0 Å². The summed E-state index contributed by atoms with van der Waals surface area (Å²) < 4.78 is 9.93. The zero-order valence-corrected chi connectivity index (χ0v) is 12.1. The molecule has 21 heavy (non-hydrogen) atoms. The molecular formula is C13H13N3O4S. The minimum absolute atomic E-state index is 0.163. The number of primary amides is 1. The molecule has 7 nitrogen and oxygen atoms in total. The van der Waals surface area contributed by atoms with Gasteiger partial charge in [-0.2, -0.15) is 0 Å². The fourth-order valence-corrected chi connectivity index (χ4v) is 2.17. The normalized spacial score (nSPS) is 10.3. The summed E-state index contributed by atoms with van der Waals surface area (Å²) in [5.74, 6) is -0.708. The highest BCUT2D eigenvalue weighted by Gasteiger charge is 2.16. The molecule has 0 aliphatic rings. The van der Waals surface area contributed by atoms with Crippen molar-refractivity contribution < 1.29 is 18.7 Å². The Bertz CT molecular complexity index is 639. The molecule has 0 atom stereocenters. The van der Waals surface area contributed by atoms with Crippen LogP contribution < -0.4 is 5.73 Å². The Kier molecular flexibility index (Phi) is 4.94. The van der Waals surface area contributed by atoms with Gasteiger partial charge in [0.1, 0.15) is 0 Å². The van der Waals surface area contributed by atoms with E-state index in [0.29, 0.717) is 11.3 Å². The molecule has 2 aromatic rings. The van der Waals surface area contributed by atoms with Crippen molar-refractivity contribution in [2.24, 2.45) is 5.73 Å². The fourth-order valence-electron chi connectivity index (χ4n) is 1.45. The number of carbonyl (C=O) groups is 2. The van der Waals surface area contributed by atoms with E-state index in [4.69, 9.17) is 14.9 Å². The monoisotopic (exact) mass is 307 g/mol. The molecule has 0 radical (unpaired) electrons. The van der Waals surface area contributed by atoms with Crippen molar-refractivity contribution in [1.29, 1.82) is 0 Å². The number of nitrogens with two attached hydrogens (primary N) is 1. The second-order valence-electron chi connectivity index (χ2n) is 3.94. The van der Waals surface area contributed by atoms with Crippen LogP contribution in [0.25, 0.3) is 0 Å². The van der Waals surface area contributed by atoms with Gasteiger partial charge in [-0.15, -0.1) is 5.10 Å². The molecule has 1 aromatic heterocycles. The lowest BCUT2D eigenvalue weighted by Gasteiger charge is -1.99. The predicted molar refractivity (Wildman–Crippen MR) is 74.8 cm³/mol. The first-order chi connectivity index (χ1) is 10.1. The molecule has 110 valence electrons. The highest BCUT2D eigenvalue weighted by molar-refractivity contribution is 7.98. The molecule has 0 aliphatic heterocycles. The van der Waals surface area contributed by atoms with Crippen molar-refractivity contribution in [2.45, 2.75) is 17.9 Å². The number of nitrogens with zero attached hydrogens (tertiary/aromatic N) is 2. The summed E-state index contributed by atoms with van der Waals surface area (Å²) in [6.07, 6.45) is 0. The molecule has 2 N–H and O–H groups in total. The van der Waals surface area contributed by atoms with Crippen molar-refractivity contribution in [1.82, 2.24) is 10.2 Å². The summed E-state index contributed by atoms with van der Waals surface area (Å²) in [7, 11) is 0. The van der Waals surface area contributed by atoms with E-state index in [2.05, 4.69) is 10.2 Å². The Hall–Kier alpha value is -2.35. The SMILES string of the molecule is CCOC(=O)c1nnc(SCc2ccc(C(N)=O)cc2)o1. The third kappa shape index (κ3) is 4.06. The van der Waals surface area contributed by atoms with Crippen LogP contribution in [-0.4, -0.2) is 28.7 Å². The Morgan fingerprint density at radius 2 is 2.00 bits per heavy atom. The smallest absolute Gasteiger partial charge is 0.396 e. The van der Waals surface area contributed by atoms with Crippen molar-refractivity contribution >= 4 is 23.6 Å². The second kappa shape index (κ2) is 6.89. The van der Waals surface area contributed by atoms with Gasteiger partial charge >= 0.3 is 11.9 Å². The van der Waals surface area contributed by atoms with Crippen LogP contribution in [0.1, 0.15) is 33.5 Å². The van der Waals surface area contributed by atoms with E-state index < -0.39 is 11.9 Å². The Labute approximate surface area is 124 Å². The maximum atomic E-state index is 11.4. The van der Waals surface area contributed by atoms with Gasteiger partial charge in [0.25, 0.3) is 5.22 Å². The molecule has 1 heterocycles. The van der Waals surface area contributed by atoms with Gasteiger partial charge in [0, 0.05) is 11.3 Å². The minimum Gasteiger partial charge on any atom is -0.459 e. The van der Waals surface area contributed by atoms with Crippen LogP contribution in [0.5, 0.6) is 0 Å². The van der Waals surface area contributed by atoms with Crippen molar-refractivity contribution in [3.8, 4) is 0 Å². The Morgan fingerprint density at radius 1 is 1.29 bits per heavy atom. The van der Waals surface area contributed by atoms with Crippen molar-refractivity contribution in [3.63, 3.8) is 0 Å². The molecule has 1 amide bonds. The van der Waals surface area contributed by atoms with Crippen LogP contribution in [0, 0.1) is 0 Å². The van der Waals surface area contributed by atoms with E-state index in [0.717, 1.165) is 5.56 Å². The van der Waals surface area contributed by atoms with Gasteiger partial charge in [-0.3, -0.25) is 4.79 Å². The number of amides is 1. The molecule has 1 aromatic carbocycles. The highest BCUT2D eigenvalue weighted by Crippen LogP contribution is 2.21. The number of carbonyl (C=O) groups excluding carboxylic acids is 2. The molecule has 2 rings (SSSR count). The lowest BCUT2D eigenvalue weighted by molar-refractivity contribution is 0.0475. The maximum Gasteiger partial charge on any atom is 0.396 e. The summed E-state index contributed by atoms with van der Waals surface area (Å²) in [6.45, 7) is 1.94. The number of thioether (sulfide) groups is 1. The first kappa shape index (κ1) is 15.0. The summed E-state index contributed by atoms with van der Waals surface area (Å²) in [5.41, 5.74) is 6.57. The van der Waals surface area contributed by atoms with Gasteiger partial charge in [0.2, 0.25) is 5.91 Å². The highest BCUT2D eigenvalue weighted by atomic mass is 32.2. The molecule has 0 saturated heterocycles. The van der Waals surface area contributed by atoms with Crippen LogP contribution in [-0.2, 0) is 10.5 Å². The molecule has 8 heteroatoms. The number of rotatable bonds is 6. The fraction of sp³-hybridized carbons (Fsp3) is 0.231. The quantitative estimate of drug-likeness (QED) is 0.638. The maximum absolute atomic E-state index is 11.4. The van der Waals surface area contributed by atoms with E-state index in [-0.39, 0.29) is 17.7 Å². The summed E-state index contributed by atoms with van der Waals surface area (Å²) in [5, 5.41) is 7.64. The third-order valence-electron chi connectivity index (χ3n) is 2.46. The number of hydrogen-bond acceptors (Lipinski definition) is 7. The first-order valence-electron chi connectivity index (χ1n) is 6.12. The molecule has 0 bridgehead atoms. The standard InChI is InChI=1S/C13H13N3O4S/c1-2-19-12(18)11-15-16-13(20-11)21-7-8-3-5-9(6-4-8)10(14)17/h3-6H,2,7H2,1H3,(H2,14,17). The third-order valence-corrected chi connectivity index (χ3v) is 3.35. The summed E-state index contributed by atoms with van der Waals surface area (Å²) in [6, 6.07) is 6.87. The molecule has 0 aliphatic carbocycles. The molecule has 0 fully saturated rings. The topological polar surface area (TPSA) is 108 Å². The van der Waals surface area contributed by atoms with Gasteiger partial charge in [0.05, 0.1) is 6.61 Å². The lowest BCUT2D eigenvalue weighted by atomic mass is 10.1. The largest absolute Gasteiger partial charge is 0.459 e. The summed E-state index contributed by atoms with van der Waals surface area (Å²) in [4.78, 5) is 22.3. The molecule has 0 spiro atoms. The zero-order valence-electron chi connectivity index (χ0n) is 11.2. The van der Waals surface area contributed by atoms with Gasteiger partial charge in [-0.05, 0) is 24.6 Å². The van der Waals surface area contributed by atoms with E-state index in [9.17, 15) is 9.59 Å². The lowest BCUT2D eigenvalue weighted by Crippen LogP contribution is -2.10. The van der Waals surface area contributed by atoms with Crippen molar-refractivity contribution in [3.05, 3.63) is 41.3 Å². The molecule has 0 unspecified atom stereocenters. The Balaban J connectivity index is 1.94.